The zero-order valence-electron chi connectivity index (χ0n) is 8.71. The lowest BCUT2D eigenvalue weighted by Gasteiger charge is -2.28. The summed E-state index contributed by atoms with van der Waals surface area (Å²) in [5, 5.41) is 10.6. The van der Waals surface area contributed by atoms with E-state index in [4.69, 9.17) is 5.73 Å². The van der Waals surface area contributed by atoms with Gasteiger partial charge in [0.2, 0.25) is 0 Å². The molecule has 0 bridgehead atoms. The van der Waals surface area contributed by atoms with Gasteiger partial charge in [0.05, 0.1) is 5.60 Å². The number of thiophene rings is 1. The van der Waals surface area contributed by atoms with E-state index in [2.05, 4.69) is 19.9 Å². The Morgan fingerprint density at radius 2 is 2.43 bits per heavy atom. The van der Waals surface area contributed by atoms with Crippen LogP contribution in [0.15, 0.2) is 6.07 Å². The van der Waals surface area contributed by atoms with Crippen molar-refractivity contribution in [2.24, 2.45) is 11.7 Å². The molecule has 2 nitrogen and oxygen atoms in total. The topological polar surface area (TPSA) is 46.2 Å². The first kappa shape index (κ1) is 10.1. The summed E-state index contributed by atoms with van der Waals surface area (Å²) in [4.78, 5) is 2.64. The fraction of sp³-hybridized carbons (Fsp3) is 0.636. The average Bonchev–Trinajstić information content (AvgIpc) is 2.55. The van der Waals surface area contributed by atoms with Gasteiger partial charge in [-0.05, 0) is 43.9 Å². The van der Waals surface area contributed by atoms with Crippen molar-refractivity contribution in [3.8, 4) is 0 Å². The maximum atomic E-state index is 10.6. The fourth-order valence-corrected chi connectivity index (χ4v) is 3.64. The monoisotopic (exact) mass is 211 g/mol. The van der Waals surface area contributed by atoms with E-state index in [1.807, 2.05) is 11.3 Å². The van der Waals surface area contributed by atoms with E-state index in [1.165, 1.54) is 9.75 Å². The Morgan fingerprint density at radius 3 is 3.07 bits per heavy atom. The Balaban J connectivity index is 2.41. The molecule has 1 aromatic rings. The smallest absolute Gasteiger partial charge is 0.0948 e. The van der Waals surface area contributed by atoms with Crippen molar-refractivity contribution in [3.63, 3.8) is 0 Å². The normalized spacial score (nSPS) is 30.7. The Labute approximate surface area is 88.8 Å². The number of hydrogen-bond donors (Lipinski definition) is 2. The Kier molecular flexibility index (Phi) is 2.41. The van der Waals surface area contributed by atoms with E-state index < -0.39 is 5.60 Å². The van der Waals surface area contributed by atoms with Crippen LogP contribution in [0.2, 0.25) is 0 Å². The highest BCUT2D eigenvalue weighted by Gasteiger charge is 2.43. The number of aryl methyl sites for hydroxylation is 1. The second-order valence-corrected chi connectivity index (χ2v) is 5.60. The molecule has 0 radical (unpaired) electrons. The second-order valence-electron chi connectivity index (χ2n) is 4.26. The molecule has 1 aromatic heterocycles. The van der Waals surface area contributed by atoms with Crippen LogP contribution >= 0.6 is 11.3 Å². The molecule has 1 aliphatic carbocycles. The number of fused-ring (bicyclic) bond motifs is 1. The van der Waals surface area contributed by atoms with Crippen molar-refractivity contribution >= 4 is 11.3 Å². The van der Waals surface area contributed by atoms with Crippen LogP contribution in [0, 0.1) is 12.8 Å². The minimum Gasteiger partial charge on any atom is -0.385 e. The number of nitrogens with two attached hydrogens (primary N) is 1. The molecular formula is C11H17NOS. The summed E-state index contributed by atoms with van der Waals surface area (Å²) in [6.07, 6.45) is 1.68. The molecule has 2 atom stereocenters. The SMILES string of the molecule is Cc1cc2c(s1)CC(C)C2(O)CCN. The van der Waals surface area contributed by atoms with Gasteiger partial charge in [-0.1, -0.05) is 6.92 Å². The lowest BCUT2D eigenvalue weighted by molar-refractivity contribution is -0.0101. The van der Waals surface area contributed by atoms with E-state index in [9.17, 15) is 5.11 Å². The van der Waals surface area contributed by atoms with Crippen molar-refractivity contribution in [3.05, 3.63) is 21.4 Å². The molecule has 3 N–H and O–H groups in total. The van der Waals surface area contributed by atoms with Crippen molar-refractivity contribution in [2.75, 3.05) is 6.54 Å². The third kappa shape index (κ3) is 1.31. The van der Waals surface area contributed by atoms with Gasteiger partial charge < -0.3 is 10.8 Å². The van der Waals surface area contributed by atoms with Gasteiger partial charge in [0.25, 0.3) is 0 Å². The number of rotatable bonds is 2. The average molecular weight is 211 g/mol. The van der Waals surface area contributed by atoms with Crippen LogP contribution in [0.3, 0.4) is 0 Å². The summed E-state index contributed by atoms with van der Waals surface area (Å²) in [5.41, 5.74) is 6.04. The largest absolute Gasteiger partial charge is 0.385 e. The third-order valence-electron chi connectivity index (χ3n) is 3.23. The van der Waals surface area contributed by atoms with Crippen LogP contribution in [0.1, 0.15) is 28.7 Å². The second kappa shape index (κ2) is 3.33. The van der Waals surface area contributed by atoms with Crippen molar-refractivity contribution in [2.45, 2.75) is 32.3 Å². The first-order valence-corrected chi connectivity index (χ1v) is 5.92. The molecule has 0 fully saturated rings. The zero-order chi connectivity index (χ0) is 10.3. The summed E-state index contributed by atoms with van der Waals surface area (Å²) in [7, 11) is 0. The van der Waals surface area contributed by atoms with Gasteiger partial charge in [0, 0.05) is 9.75 Å². The maximum absolute atomic E-state index is 10.6. The van der Waals surface area contributed by atoms with Gasteiger partial charge in [-0.15, -0.1) is 11.3 Å². The van der Waals surface area contributed by atoms with Gasteiger partial charge in [-0.2, -0.15) is 0 Å². The summed E-state index contributed by atoms with van der Waals surface area (Å²) in [5.74, 6) is 0.313. The summed E-state index contributed by atoms with van der Waals surface area (Å²) in [6.45, 7) is 4.75. The van der Waals surface area contributed by atoms with E-state index in [-0.39, 0.29) is 0 Å². The predicted octanol–water partition coefficient (Wildman–Crippen LogP) is 1.79. The summed E-state index contributed by atoms with van der Waals surface area (Å²) < 4.78 is 0. The Morgan fingerprint density at radius 1 is 1.71 bits per heavy atom. The quantitative estimate of drug-likeness (QED) is 0.783. The van der Waals surface area contributed by atoms with Crippen LogP contribution in [0.25, 0.3) is 0 Å². The van der Waals surface area contributed by atoms with E-state index >= 15 is 0 Å². The molecule has 0 spiro atoms. The van der Waals surface area contributed by atoms with Crippen LogP contribution in [0.5, 0.6) is 0 Å². The number of aliphatic hydroxyl groups is 1. The van der Waals surface area contributed by atoms with Crippen LogP contribution in [0.4, 0.5) is 0 Å². The predicted molar refractivity (Wildman–Crippen MR) is 59.5 cm³/mol. The molecule has 78 valence electrons. The van der Waals surface area contributed by atoms with Gasteiger partial charge in [-0.3, -0.25) is 0 Å². The molecule has 0 aromatic carbocycles. The van der Waals surface area contributed by atoms with Gasteiger partial charge >= 0.3 is 0 Å². The molecule has 2 rings (SSSR count). The first-order chi connectivity index (χ1) is 6.58. The zero-order valence-corrected chi connectivity index (χ0v) is 9.53. The molecule has 1 heterocycles. The Hall–Kier alpha value is -0.380. The molecule has 0 saturated carbocycles. The van der Waals surface area contributed by atoms with E-state index in [0.717, 1.165) is 12.0 Å². The van der Waals surface area contributed by atoms with Gasteiger partial charge in [0.1, 0.15) is 0 Å². The van der Waals surface area contributed by atoms with E-state index in [1.54, 1.807) is 0 Å². The van der Waals surface area contributed by atoms with Crippen molar-refractivity contribution in [1.29, 1.82) is 0 Å². The molecular weight excluding hydrogens is 194 g/mol. The standard InChI is InChI=1S/C11H17NOS/c1-7-5-10-9(6-8(2)14-10)11(7,13)3-4-12/h6-7,13H,3-5,12H2,1-2H3. The molecule has 3 heteroatoms. The summed E-state index contributed by atoms with van der Waals surface area (Å²) >= 11 is 1.81. The van der Waals surface area contributed by atoms with Crippen LogP contribution < -0.4 is 5.73 Å². The summed E-state index contributed by atoms with van der Waals surface area (Å²) in [6, 6.07) is 2.12. The lowest BCUT2D eigenvalue weighted by atomic mass is 9.86. The minimum atomic E-state index is -0.658. The van der Waals surface area contributed by atoms with Crippen molar-refractivity contribution < 1.29 is 5.11 Å². The Bertz CT molecular complexity index is 347. The fourth-order valence-electron chi connectivity index (χ4n) is 2.39. The molecule has 1 aliphatic rings. The third-order valence-corrected chi connectivity index (χ3v) is 4.30. The molecule has 0 aliphatic heterocycles. The highest BCUT2D eigenvalue weighted by atomic mass is 32.1. The molecule has 0 saturated heterocycles. The molecule has 0 amide bonds. The van der Waals surface area contributed by atoms with Crippen molar-refractivity contribution in [1.82, 2.24) is 0 Å². The molecule has 14 heavy (non-hydrogen) atoms. The van der Waals surface area contributed by atoms with Gasteiger partial charge in [0.15, 0.2) is 0 Å². The van der Waals surface area contributed by atoms with Crippen LogP contribution in [-0.4, -0.2) is 11.7 Å². The highest BCUT2D eigenvalue weighted by Crippen LogP contribution is 2.46. The minimum absolute atomic E-state index is 0.313. The van der Waals surface area contributed by atoms with E-state index in [0.29, 0.717) is 18.9 Å². The lowest BCUT2D eigenvalue weighted by Crippen LogP contribution is -2.32. The molecule has 2 unspecified atom stereocenters. The maximum Gasteiger partial charge on any atom is 0.0948 e. The first-order valence-electron chi connectivity index (χ1n) is 5.10. The highest BCUT2D eigenvalue weighted by molar-refractivity contribution is 7.12. The number of hydrogen-bond acceptors (Lipinski definition) is 3. The van der Waals surface area contributed by atoms with Gasteiger partial charge in [-0.25, -0.2) is 0 Å². The van der Waals surface area contributed by atoms with Crippen LogP contribution in [-0.2, 0) is 12.0 Å².